The highest BCUT2D eigenvalue weighted by Gasteiger charge is 2.30. The quantitative estimate of drug-likeness (QED) is 0.561. The van der Waals surface area contributed by atoms with Crippen LogP contribution in [0.25, 0.3) is 11.3 Å². The summed E-state index contributed by atoms with van der Waals surface area (Å²) >= 11 is 7.48. The van der Waals surface area contributed by atoms with Gasteiger partial charge in [-0.3, -0.25) is 9.97 Å². The van der Waals surface area contributed by atoms with Crippen LogP contribution < -0.4 is 0 Å². The molecule has 0 aliphatic carbocycles. The number of aryl methyl sites for hydroxylation is 2. The number of pyridine rings is 2. The maximum Gasteiger partial charge on any atom is 0.343 e. The van der Waals surface area contributed by atoms with E-state index in [0.717, 1.165) is 33.6 Å². The second-order valence-electron chi connectivity index (χ2n) is 7.19. The van der Waals surface area contributed by atoms with Gasteiger partial charge in [-0.2, -0.15) is 0 Å². The maximum absolute atomic E-state index is 11.6. The normalized spacial score (nSPS) is 15.9. The van der Waals surface area contributed by atoms with Crippen LogP contribution in [0.3, 0.4) is 0 Å². The van der Waals surface area contributed by atoms with Crippen molar-refractivity contribution in [2.45, 2.75) is 25.8 Å². The number of halogens is 1. The van der Waals surface area contributed by atoms with E-state index in [1.54, 1.807) is 12.4 Å². The van der Waals surface area contributed by atoms with Crippen molar-refractivity contribution in [2.75, 3.05) is 0 Å². The summed E-state index contributed by atoms with van der Waals surface area (Å²) in [6, 6.07) is 13.6. The highest BCUT2D eigenvalue weighted by atomic mass is 35.5. The Morgan fingerprint density at radius 3 is 2.73 bits per heavy atom. The van der Waals surface area contributed by atoms with Gasteiger partial charge in [0.1, 0.15) is 10.3 Å². The lowest BCUT2D eigenvalue weighted by Crippen LogP contribution is -2.18. The van der Waals surface area contributed by atoms with Gasteiger partial charge in [-0.15, -0.1) is 0 Å². The van der Waals surface area contributed by atoms with E-state index in [1.165, 1.54) is 11.8 Å². The average Bonchev–Trinajstić information content (AvgIpc) is 3.12. The van der Waals surface area contributed by atoms with Crippen LogP contribution in [-0.2, 0) is 11.3 Å². The highest BCUT2D eigenvalue weighted by molar-refractivity contribution is 8.04. The van der Waals surface area contributed by atoms with Gasteiger partial charge in [0.25, 0.3) is 0 Å². The molecule has 1 atom stereocenters. The first-order chi connectivity index (χ1) is 14.4. The van der Waals surface area contributed by atoms with Crippen LogP contribution in [0.1, 0.15) is 27.8 Å². The zero-order chi connectivity index (χ0) is 21.3. The summed E-state index contributed by atoms with van der Waals surface area (Å²) in [6.45, 7) is 4.54. The summed E-state index contributed by atoms with van der Waals surface area (Å²) in [5.74, 6) is -0.924. The molecule has 5 nitrogen and oxygen atoms in total. The second kappa shape index (κ2) is 8.50. The number of aliphatic carboxylic acids is 1. The molecule has 3 heterocycles. The molecule has 30 heavy (non-hydrogen) atoms. The van der Waals surface area contributed by atoms with E-state index in [9.17, 15) is 9.90 Å². The number of carboxylic acid groups (broad SMARTS) is 1. The lowest BCUT2D eigenvalue weighted by atomic mass is 10.1. The van der Waals surface area contributed by atoms with E-state index < -0.39 is 5.97 Å². The van der Waals surface area contributed by atoms with Crippen molar-refractivity contribution < 1.29 is 9.90 Å². The van der Waals surface area contributed by atoms with Gasteiger partial charge < -0.3 is 10.0 Å². The minimum Gasteiger partial charge on any atom is -0.477 e. The molecule has 2 aromatic heterocycles. The summed E-state index contributed by atoms with van der Waals surface area (Å²) in [5, 5.41) is 9.96. The second-order valence-corrected chi connectivity index (χ2v) is 8.75. The first-order valence-electron chi connectivity index (χ1n) is 9.42. The monoisotopic (exact) mass is 437 g/mol. The van der Waals surface area contributed by atoms with Crippen LogP contribution in [-0.4, -0.2) is 25.9 Å². The molecule has 4 rings (SSSR count). The molecule has 0 radical (unpaired) electrons. The number of benzene rings is 1. The predicted molar refractivity (Wildman–Crippen MR) is 120 cm³/mol. The van der Waals surface area contributed by atoms with Gasteiger partial charge >= 0.3 is 5.97 Å². The number of thioether (sulfide) groups is 1. The van der Waals surface area contributed by atoms with Gasteiger partial charge in [-0.25, -0.2) is 4.79 Å². The van der Waals surface area contributed by atoms with E-state index >= 15 is 0 Å². The maximum atomic E-state index is 11.6. The Morgan fingerprint density at radius 2 is 2.03 bits per heavy atom. The molecule has 1 aliphatic heterocycles. The summed E-state index contributed by atoms with van der Waals surface area (Å²) in [7, 11) is 0. The molecule has 7 heteroatoms. The van der Waals surface area contributed by atoms with Crippen molar-refractivity contribution in [2.24, 2.45) is 0 Å². The van der Waals surface area contributed by atoms with Gasteiger partial charge in [0.2, 0.25) is 0 Å². The number of hydrogen-bond acceptors (Lipinski definition) is 5. The molecule has 1 N–H and O–H groups in total. The average molecular weight is 438 g/mol. The molecule has 152 valence electrons. The van der Waals surface area contributed by atoms with Gasteiger partial charge in [0, 0.05) is 41.4 Å². The Kier molecular flexibility index (Phi) is 5.79. The SMILES string of the molecule is Cc1cc(-c2ncc(CN3C=C(C(=O)O)SC3c3cccc(Cl)c3)cc2C)ccn1. The minimum absolute atomic E-state index is 0.155. The largest absolute Gasteiger partial charge is 0.477 e. The van der Waals surface area contributed by atoms with Crippen molar-refractivity contribution in [1.82, 2.24) is 14.9 Å². The number of carbonyl (C=O) groups is 1. The van der Waals surface area contributed by atoms with E-state index in [0.29, 0.717) is 16.5 Å². The summed E-state index contributed by atoms with van der Waals surface area (Å²) < 4.78 is 0. The molecule has 0 amide bonds. The fraction of sp³-hybridized carbons (Fsp3) is 0.174. The van der Waals surface area contributed by atoms with E-state index in [1.807, 2.05) is 61.3 Å². The third-order valence-corrected chi connectivity index (χ3v) is 6.37. The van der Waals surface area contributed by atoms with Crippen LogP contribution in [0.5, 0.6) is 0 Å². The molecule has 0 spiro atoms. The zero-order valence-electron chi connectivity index (χ0n) is 16.5. The molecule has 1 unspecified atom stereocenters. The van der Waals surface area contributed by atoms with Gasteiger partial charge in [0.15, 0.2) is 0 Å². The van der Waals surface area contributed by atoms with Crippen LogP contribution in [0.2, 0.25) is 5.02 Å². The van der Waals surface area contributed by atoms with Crippen molar-refractivity contribution >= 4 is 29.3 Å². The Bertz CT molecular complexity index is 1150. The standard InChI is InChI=1S/C23H20ClN3O2S/c1-14-8-16(11-26-21(14)17-6-7-25-15(2)9-17)12-27-13-20(23(28)29)30-22(27)18-4-3-5-19(24)10-18/h3-11,13,22H,12H2,1-2H3,(H,28,29). The van der Waals surface area contributed by atoms with Crippen LogP contribution in [0, 0.1) is 13.8 Å². The fourth-order valence-electron chi connectivity index (χ4n) is 3.52. The topological polar surface area (TPSA) is 66.3 Å². The Labute approximate surface area is 184 Å². The Hall–Kier alpha value is -2.83. The van der Waals surface area contributed by atoms with Crippen molar-refractivity contribution in [3.05, 3.63) is 93.4 Å². The smallest absolute Gasteiger partial charge is 0.343 e. The highest BCUT2D eigenvalue weighted by Crippen LogP contribution is 2.45. The first-order valence-corrected chi connectivity index (χ1v) is 10.7. The van der Waals surface area contributed by atoms with Crippen molar-refractivity contribution in [3.8, 4) is 11.3 Å². The summed E-state index contributed by atoms with van der Waals surface area (Å²) in [5.41, 5.74) is 5.95. The molecule has 1 aliphatic rings. The molecule has 3 aromatic rings. The third-order valence-electron chi connectivity index (χ3n) is 4.84. The Balaban J connectivity index is 1.62. The van der Waals surface area contributed by atoms with Crippen molar-refractivity contribution in [3.63, 3.8) is 0 Å². The molecular weight excluding hydrogens is 418 g/mol. The molecule has 0 fully saturated rings. The number of nitrogens with zero attached hydrogens (tertiary/aromatic N) is 3. The van der Waals surface area contributed by atoms with Gasteiger partial charge in [0.05, 0.1) is 5.69 Å². The minimum atomic E-state index is -0.924. The molecule has 0 saturated heterocycles. The predicted octanol–water partition coefficient (Wildman–Crippen LogP) is 5.59. The summed E-state index contributed by atoms with van der Waals surface area (Å²) in [6.07, 6.45) is 5.34. The molecule has 0 saturated carbocycles. The molecular formula is C23H20ClN3O2S. The Morgan fingerprint density at radius 1 is 1.20 bits per heavy atom. The zero-order valence-corrected chi connectivity index (χ0v) is 18.1. The number of carboxylic acids is 1. The fourth-order valence-corrected chi connectivity index (χ4v) is 4.81. The van der Waals surface area contributed by atoms with Crippen LogP contribution in [0.4, 0.5) is 0 Å². The van der Waals surface area contributed by atoms with E-state index in [4.69, 9.17) is 11.6 Å². The van der Waals surface area contributed by atoms with Gasteiger partial charge in [-0.05, 0) is 54.8 Å². The number of hydrogen-bond donors (Lipinski definition) is 1. The van der Waals surface area contributed by atoms with Crippen LogP contribution in [0.15, 0.2) is 66.0 Å². The van der Waals surface area contributed by atoms with Gasteiger partial charge in [-0.1, -0.05) is 41.6 Å². The van der Waals surface area contributed by atoms with Crippen molar-refractivity contribution in [1.29, 1.82) is 0 Å². The third kappa shape index (κ3) is 4.35. The number of aromatic nitrogens is 2. The number of rotatable bonds is 5. The van der Waals surface area contributed by atoms with E-state index in [-0.39, 0.29) is 5.37 Å². The first kappa shape index (κ1) is 20.4. The lowest BCUT2D eigenvalue weighted by Gasteiger charge is -2.25. The lowest BCUT2D eigenvalue weighted by molar-refractivity contribution is -0.131. The molecule has 1 aromatic carbocycles. The summed E-state index contributed by atoms with van der Waals surface area (Å²) in [4.78, 5) is 22.8. The van der Waals surface area contributed by atoms with Crippen LogP contribution >= 0.6 is 23.4 Å². The van der Waals surface area contributed by atoms with E-state index in [2.05, 4.69) is 16.0 Å². The molecule has 0 bridgehead atoms.